The van der Waals surface area contributed by atoms with E-state index in [1.165, 1.54) is 5.56 Å². The van der Waals surface area contributed by atoms with Gasteiger partial charge in [-0.25, -0.2) is 15.0 Å². The lowest BCUT2D eigenvalue weighted by molar-refractivity contribution is 0.292. The van der Waals surface area contributed by atoms with Gasteiger partial charge in [-0.05, 0) is 36.5 Å². The summed E-state index contributed by atoms with van der Waals surface area (Å²) >= 11 is 3.55. The lowest BCUT2D eigenvalue weighted by atomic mass is 10.0. The second kappa shape index (κ2) is 6.69. The van der Waals surface area contributed by atoms with Gasteiger partial charge < -0.3 is 4.74 Å². The molecule has 24 heavy (non-hydrogen) atoms. The average molecular weight is 382 g/mol. The number of ether oxygens (including phenoxy) is 1. The first-order chi connectivity index (χ1) is 11.8. The van der Waals surface area contributed by atoms with Crippen LogP contribution in [-0.4, -0.2) is 15.0 Å². The van der Waals surface area contributed by atoms with Crippen LogP contribution in [0.25, 0.3) is 11.1 Å². The van der Waals surface area contributed by atoms with E-state index in [1.54, 1.807) is 6.33 Å². The average Bonchev–Trinajstić information content (AvgIpc) is 3.09. The Kier molecular flexibility index (Phi) is 4.26. The number of halogens is 1. The maximum Gasteiger partial charge on any atom is 0.214 e. The molecule has 0 spiro atoms. The molecule has 2 aromatic heterocycles. The summed E-state index contributed by atoms with van der Waals surface area (Å²) in [6.07, 6.45) is 8.43. The van der Waals surface area contributed by atoms with E-state index in [9.17, 15) is 0 Å². The van der Waals surface area contributed by atoms with E-state index in [4.69, 9.17) is 9.72 Å². The van der Waals surface area contributed by atoms with Crippen molar-refractivity contribution in [1.29, 1.82) is 0 Å². The third-order valence-electron chi connectivity index (χ3n) is 4.23. The van der Waals surface area contributed by atoms with Crippen molar-refractivity contribution in [2.75, 3.05) is 0 Å². The number of rotatable bonds is 4. The van der Waals surface area contributed by atoms with Crippen molar-refractivity contribution < 1.29 is 4.74 Å². The quantitative estimate of drug-likeness (QED) is 0.673. The first-order valence-corrected chi connectivity index (χ1v) is 8.75. The largest absolute Gasteiger partial charge is 0.473 e. The molecule has 3 aromatic rings. The van der Waals surface area contributed by atoms with Gasteiger partial charge >= 0.3 is 0 Å². The van der Waals surface area contributed by atoms with Gasteiger partial charge in [0.1, 0.15) is 12.9 Å². The van der Waals surface area contributed by atoms with Crippen LogP contribution < -0.4 is 4.74 Å². The molecular formula is C19H16BrN3O. The highest BCUT2D eigenvalue weighted by molar-refractivity contribution is 9.10. The van der Waals surface area contributed by atoms with E-state index in [-0.39, 0.29) is 0 Å². The van der Waals surface area contributed by atoms with Gasteiger partial charge in [0, 0.05) is 39.8 Å². The highest BCUT2D eigenvalue weighted by Gasteiger charge is 2.19. The van der Waals surface area contributed by atoms with Crippen LogP contribution in [0.15, 0.2) is 53.5 Å². The number of hydrogen-bond acceptors (Lipinski definition) is 4. The summed E-state index contributed by atoms with van der Waals surface area (Å²) in [5.74, 6) is 0.658. The van der Waals surface area contributed by atoms with Crippen molar-refractivity contribution >= 4 is 15.9 Å². The van der Waals surface area contributed by atoms with Gasteiger partial charge in [-0.2, -0.15) is 0 Å². The molecule has 120 valence electrons. The summed E-state index contributed by atoms with van der Waals surface area (Å²) in [6.45, 7) is 0.484. The number of benzene rings is 1. The van der Waals surface area contributed by atoms with E-state index in [2.05, 4.69) is 25.9 Å². The monoisotopic (exact) mass is 381 g/mol. The van der Waals surface area contributed by atoms with E-state index in [1.807, 2.05) is 42.7 Å². The number of nitrogens with zero attached hydrogens (tertiary/aromatic N) is 3. The van der Waals surface area contributed by atoms with Crippen molar-refractivity contribution in [2.45, 2.75) is 25.9 Å². The van der Waals surface area contributed by atoms with Crippen LogP contribution >= 0.6 is 15.9 Å². The highest BCUT2D eigenvalue weighted by Crippen LogP contribution is 2.33. The number of hydrogen-bond donors (Lipinski definition) is 0. The predicted octanol–water partition coefficient (Wildman–Crippen LogP) is 4.37. The van der Waals surface area contributed by atoms with Crippen LogP contribution in [0, 0.1) is 0 Å². The molecule has 0 fully saturated rings. The second-order valence-electron chi connectivity index (χ2n) is 5.79. The fourth-order valence-corrected chi connectivity index (χ4v) is 3.45. The van der Waals surface area contributed by atoms with Crippen LogP contribution in [0.2, 0.25) is 0 Å². The van der Waals surface area contributed by atoms with E-state index >= 15 is 0 Å². The van der Waals surface area contributed by atoms with Crippen molar-refractivity contribution in [1.82, 2.24) is 15.0 Å². The maximum absolute atomic E-state index is 5.98. The summed E-state index contributed by atoms with van der Waals surface area (Å²) in [6, 6.07) is 10.1. The Balaban J connectivity index is 1.66. The smallest absolute Gasteiger partial charge is 0.214 e. The van der Waals surface area contributed by atoms with Gasteiger partial charge in [0.05, 0.1) is 0 Å². The van der Waals surface area contributed by atoms with Crippen molar-refractivity contribution in [2.24, 2.45) is 0 Å². The molecule has 0 aliphatic heterocycles. The minimum Gasteiger partial charge on any atom is -0.473 e. The van der Waals surface area contributed by atoms with E-state index in [0.29, 0.717) is 12.5 Å². The highest BCUT2D eigenvalue weighted by atomic mass is 79.9. The molecule has 0 bridgehead atoms. The SMILES string of the molecule is Brc1ccccc1COc1cc(-c2cncnc2)c2c(n1)CCC2. The molecule has 0 radical (unpaired) electrons. The van der Waals surface area contributed by atoms with Crippen molar-refractivity contribution in [3.05, 3.63) is 70.3 Å². The Morgan fingerprint density at radius 2 is 1.92 bits per heavy atom. The summed E-state index contributed by atoms with van der Waals surface area (Å²) < 4.78 is 7.02. The molecule has 0 saturated carbocycles. The molecule has 0 amide bonds. The van der Waals surface area contributed by atoms with Gasteiger partial charge in [0.25, 0.3) is 0 Å². The summed E-state index contributed by atoms with van der Waals surface area (Å²) in [4.78, 5) is 13.0. The van der Waals surface area contributed by atoms with Crippen LogP contribution in [0.1, 0.15) is 23.2 Å². The minimum atomic E-state index is 0.484. The zero-order valence-electron chi connectivity index (χ0n) is 13.1. The zero-order chi connectivity index (χ0) is 16.4. The number of aryl methyl sites for hydroxylation is 1. The molecule has 5 heteroatoms. The van der Waals surface area contributed by atoms with Gasteiger partial charge in [-0.1, -0.05) is 34.1 Å². The Labute approximate surface area is 149 Å². The number of pyridine rings is 1. The zero-order valence-corrected chi connectivity index (χ0v) is 14.7. The second-order valence-corrected chi connectivity index (χ2v) is 6.65. The molecule has 2 heterocycles. The fourth-order valence-electron chi connectivity index (χ4n) is 3.05. The molecule has 1 aromatic carbocycles. The summed E-state index contributed by atoms with van der Waals surface area (Å²) in [7, 11) is 0. The van der Waals surface area contributed by atoms with Gasteiger partial charge in [0.2, 0.25) is 5.88 Å². The topological polar surface area (TPSA) is 47.9 Å². The van der Waals surface area contributed by atoms with Crippen LogP contribution in [-0.2, 0) is 19.4 Å². The van der Waals surface area contributed by atoms with E-state index in [0.717, 1.165) is 46.1 Å². The molecule has 0 atom stereocenters. The van der Waals surface area contributed by atoms with Crippen molar-refractivity contribution in [3.8, 4) is 17.0 Å². The first-order valence-electron chi connectivity index (χ1n) is 7.95. The molecule has 4 rings (SSSR count). The first kappa shape index (κ1) is 15.3. The third-order valence-corrected chi connectivity index (χ3v) is 5.01. The Hall–Kier alpha value is -2.27. The molecule has 1 aliphatic rings. The number of aromatic nitrogens is 3. The summed E-state index contributed by atoms with van der Waals surface area (Å²) in [5.41, 5.74) is 5.70. The Morgan fingerprint density at radius 1 is 1.08 bits per heavy atom. The molecule has 0 N–H and O–H groups in total. The molecular weight excluding hydrogens is 366 g/mol. The molecule has 1 aliphatic carbocycles. The lowest BCUT2D eigenvalue weighted by Crippen LogP contribution is -2.01. The van der Waals surface area contributed by atoms with Gasteiger partial charge in [-0.3, -0.25) is 0 Å². The predicted molar refractivity (Wildman–Crippen MR) is 95.8 cm³/mol. The Morgan fingerprint density at radius 3 is 2.75 bits per heavy atom. The normalized spacial score (nSPS) is 12.9. The van der Waals surface area contributed by atoms with Gasteiger partial charge in [0.15, 0.2) is 0 Å². The number of fused-ring (bicyclic) bond motifs is 1. The van der Waals surface area contributed by atoms with Crippen LogP contribution in [0.5, 0.6) is 5.88 Å². The maximum atomic E-state index is 5.98. The van der Waals surface area contributed by atoms with Crippen molar-refractivity contribution in [3.63, 3.8) is 0 Å². The van der Waals surface area contributed by atoms with Crippen LogP contribution in [0.4, 0.5) is 0 Å². The minimum absolute atomic E-state index is 0.484. The molecule has 0 saturated heterocycles. The summed E-state index contributed by atoms with van der Waals surface area (Å²) in [5, 5.41) is 0. The fraction of sp³-hybridized carbons (Fsp3) is 0.211. The third kappa shape index (κ3) is 3.04. The van der Waals surface area contributed by atoms with Gasteiger partial charge in [-0.15, -0.1) is 0 Å². The van der Waals surface area contributed by atoms with E-state index < -0.39 is 0 Å². The standard InChI is InChI=1S/C19H16BrN3O/c20-17-6-2-1-4-13(17)11-24-19-8-16(14-9-21-12-22-10-14)15-5-3-7-18(15)23-19/h1-2,4,6,8-10,12H,3,5,7,11H2. The molecule has 4 nitrogen and oxygen atoms in total. The lowest BCUT2D eigenvalue weighted by Gasteiger charge is -2.12. The Bertz CT molecular complexity index is 868. The molecule has 0 unspecified atom stereocenters. The van der Waals surface area contributed by atoms with Crippen LogP contribution in [0.3, 0.4) is 0 Å².